The summed E-state index contributed by atoms with van der Waals surface area (Å²) in [5.74, 6) is 0.00278. The van der Waals surface area contributed by atoms with E-state index in [9.17, 15) is 4.79 Å². The zero-order valence-electron chi connectivity index (χ0n) is 12.8. The average Bonchev–Trinajstić information content (AvgIpc) is 2.50. The molecular formula is C16H26N4O. The van der Waals surface area contributed by atoms with E-state index in [1.165, 1.54) is 0 Å². The van der Waals surface area contributed by atoms with Crippen LogP contribution in [0, 0.1) is 0 Å². The van der Waals surface area contributed by atoms with Gasteiger partial charge in [0.15, 0.2) is 0 Å². The van der Waals surface area contributed by atoms with Gasteiger partial charge in [0.05, 0.1) is 0 Å². The number of piperazine rings is 1. The highest BCUT2D eigenvalue weighted by Crippen LogP contribution is 2.05. The van der Waals surface area contributed by atoms with Crippen LogP contribution in [0.25, 0.3) is 0 Å². The maximum absolute atomic E-state index is 12.1. The molecular weight excluding hydrogens is 264 g/mol. The highest BCUT2D eigenvalue weighted by atomic mass is 16.1. The molecule has 1 aliphatic heterocycles. The molecule has 0 aliphatic carbocycles. The smallest absolute Gasteiger partial charge is 0.251 e. The van der Waals surface area contributed by atoms with Crippen LogP contribution < -0.4 is 11.1 Å². The van der Waals surface area contributed by atoms with Crippen LogP contribution in [0.15, 0.2) is 24.3 Å². The highest BCUT2D eigenvalue weighted by molar-refractivity contribution is 5.94. The molecule has 116 valence electrons. The number of amides is 1. The van der Waals surface area contributed by atoms with Gasteiger partial charge in [0.25, 0.3) is 5.91 Å². The Labute approximate surface area is 127 Å². The minimum atomic E-state index is 0.00278. The third-order valence-electron chi connectivity index (χ3n) is 3.93. The van der Waals surface area contributed by atoms with Crippen LogP contribution in [0.1, 0.15) is 15.9 Å². The third-order valence-corrected chi connectivity index (χ3v) is 3.93. The summed E-state index contributed by atoms with van der Waals surface area (Å²) >= 11 is 0. The molecule has 5 heteroatoms. The van der Waals surface area contributed by atoms with E-state index in [4.69, 9.17) is 5.73 Å². The second kappa shape index (κ2) is 8.12. The van der Waals surface area contributed by atoms with Gasteiger partial charge in [-0.1, -0.05) is 12.1 Å². The average molecular weight is 290 g/mol. The molecule has 3 N–H and O–H groups in total. The summed E-state index contributed by atoms with van der Waals surface area (Å²) in [7, 11) is 2.15. The highest BCUT2D eigenvalue weighted by Gasteiger charge is 2.13. The number of nitrogens with zero attached hydrogens (tertiary/aromatic N) is 2. The standard InChI is InChI=1S/C16H26N4O/c1-19-9-11-20(12-10-19)8-7-18-16(21)15-4-2-3-14(13-15)5-6-17/h2-4,13H,5-12,17H2,1H3,(H,18,21). The molecule has 0 radical (unpaired) electrons. The van der Waals surface area contributed by atoms with Gasteiger partial charge in [-0.15, -0.1) is 0 Å². The zero-order valence-corrected chi connectivity index (χ0v) is 12.8. The van der Waals surface area contributed by atoms with Crippen molar-refractivity contribution < 1.29 is 4.79 Å². The first-order chi connectivity index (χ1) is 10.2. The molecule has 5 nitrogen and oxygen atoms in total. The van der Waals surface area contributed by atoms with Gasteiger partial charge in [-0.05, 0) is 37.7 Å². The quantitative estimate of drug-likeness (QED) is 0.784. The van der Waals surface area contributed by atoms with Crippen molar-refractivity contribution in [3.8, 4) is 0 Å². The van der Waals surface area contributed by atoms with Gasteiger partial charge >= 0.3 is 0 Å². The Kier molecular flexibility index (Phi) is 6.17. The van der Waals surface area contributed by atoms with Gasteiger partial charge in [0.2, 0.25) is 0 Å². The number of nitrogens with two attached hydrogens (primary N) is 1. The van der Waals surface area contributed by atoms with Crippen molar-refractivity contribution in [2.75, 3.05) is 52.9 Å². The lowest BCUT2D eigenvalue weighted by Gasteiger charge is -2.32. The van der Waals surface area contributed by atoms with Crippen LogP contribution >= 0.6 is 0 Å². The SMILES string of the molecule is CN1CCN(CCNC(=O)c2cccc(CCN)c2)CC1. The lowest BCUT2D eigenvalue weighted by molar-refractivity contribution is 0.0941. The molecule has 0 unspecified atom stereocenters. The normalized spacial score (nSPS) is 16.9. The minimum Gasteiger partial charge on any atom is -0.351 e. The van der Waals surface area contributed by atoms with Crippen LogP contribution in [0.2, 0.25) is 0 Å². The Bertz CT molecular complexity index is 455. The van der Waals surface area contributed by atoms with Gasteiger partial charge < -0.3 is 16.0 Å². The minimum absolute atomic E-state index is 0.00278. The fraction of sp³-hybridized carbons (Fsp3) is 0.562. The molecule has 0 atom stereocenters. The number of carbonyl (C=O) groups is 1. The number of carbonyl (C=O) groups excluding carboxylic acids is 1. The topological polar surface area (TPSA) is 61.6 Å². The number of nitrogens with one attached hydrogen (secondary N) is 1. The van der Waals surface area contributed by atoms with E-state index in [-0.39, 0.29) is 5.91 Å². The maximum Gasteiger partial charge on any atom is 0.251 e. The van der Waals surface area contributed by atoms with E-state index in [1.807, 2.05) is 24.3 Å². The summed E-state index contributed by atoms with van der Waals surface area (Å²) in [6.07, 6.45) is 0.808. The van der Waals surface area contributed by atoms with Gasteiger partial charge in [-0.3, -0.25) is 9.69 Å². The summed E-state index contributed by atoms with van der Waals surface area (Å²) in [6, 6.07) is 7.71. The molecule has 2 rings (SSSR count). The number of rotatable bonds is 6. The van der Waals surface area contributed by atoms with Crippen LogP contribution in [0.4, 0.5) is 0 Å². The summed E-state index contributed by atoms with van der Waals surface area (Å²) in [4.78, 5) is 16.9. The van der Waals surface area contributed by atoms with Gasteiger partial charge in [-0.25, -0.2) is 0 Å². The van der Waals surface area contributed by atoms with E-state index in [1.54, 1.807) is 0 Å². The van der Waals surface area contributed by atoms with Crippen molar-refractivity contribution in [3.05, 3.63) is 35.4 Å². The molecule has 1 amide bonds. The monoisotopic (exact) mass is 290 g/mol. The van der Waals surface area contributed by atoms with Gasteiger partial charge in [0.1, 0.15) is 0 Å². The van der Waals surface area contributed by atoms with E-state index < -0.39 is 0 Å². The molecule has 1 heterocycles. The first kappa shape index (κ1) is 15.9. The first-order valence-electron chi connectivity index (χ1n) is 7.67. The predicted molar refractivity (Wildman–Crippen MR) is 85.5 cm³/mol. The number of benzene rings is 1. The van der Waals surface area contributed by atoms with Gasteiger partial charge in [0, 0.05) is 44.8 Å². The largest absolute Gasteiger partial charge is 0.351 e. The lowest BCUT2D eigenvalue weighted by Crippen LogP contribution is -2.46. The number of likely N-dealkylation sites (N-methyl/N-ethyl adjacent to an activating group) is 1. The Balaban J connectivity index is 1.75. The Morgan fingerprint density at radius 3 is 2.76 bits per heavy atom. The predicted octanol–water partition coefficient (Wildman–Crippen LogP) is 0.165. The van der Waals surface area contributed by atoms with E-state index in [0.717, 1.165) is 50.3 Å². The molecule has 0 saturated carbocycles. The zero-order chi connectivity index (χ0) is 15.1. The molecule has 1 aromatic carbocycles. The fourth-order valence-electron chi connectivity index (χ4n) is 2.54. The van der Waals surface area contributed by atoms with Crippen molar-refractivity contribution in [1.82, 2.24) is 15.1 Å². The fourth-order valence-corrected chi connectivity index (χ4v) is 2.54. The Morgan fingerprint density at radius 1 is 1.29 bits per heavy atom. The molecule has 0 bridgehead atoms. The molecule has 0 aromatic heterocycles. The second-order valence-corrected chi connectivity index (χ2v) is 5.64. The van der Waals surface area contributed by atoms with E-state index >= 15 is 0 Å². The Hall–Kier alpha value is -1.43. The molecule has 1 aromatic rings. The molecule has 21 heavy (non-hydrogen) atoms. The lowest BCUT2D eigenvalue weighted by atomic mass is 10.1. The molecule has 1 saturated heterocycles. The summed E-state index contributed by atoms with van der Waals surface area (Å²) in [6.45, 7) is 6.60. The maximum atomic E-state index is 12.1. The van der Waals surface area contributed by atoms with Crippen molar-refractivity contribution >= 4 is 5.91 Å². The van der Waals surface area contributed by atoms with Gasteiger partial charge in [-0.2, -0.15) is 0 Å². The van der Waals surface area contributed by atoms with Crippen LogP contribution in [-0.4, -0.2) is 68.6 Å². The van der Waals surface area contributed by atoms with Crippen LogP contribution in [0.5, 0.6) is 0 Å². The van der Waals surface area contributed by atoms with Crippen molar-refractivity contribution in [2.24, 2.45) is 5.73 Å². The van der Waals surface area contributed by atoms with E-state index in [0.29, 0.717) is 13.1 Å². The molecule has 1 fully saturated rings. The third kappa shape index (κ3) is 5.12. The van der Waals surface area contributed by atoms with Crippen molar-refractivity contribution in [3.63, 3.8) is 0 Å². The van der Waals surface area contributed by atoms with Crippen molar-refractivity contribution in [1.29, 1.82) is 0 Å². The summed E-state index contributed by atoms with van der Waals surface area (Å²) in [5, 5.41) is 3.00. The summed E-state index contributed by atoms with van der Waals surface area (Å²) < 4.78 is 0. The van der Waals surface area contributed by atoms with Crippen LogP contribution in [-0.2, 0) is 6.42 Å². The second-order valence-electron chi connectivity index (χ2n) is 5.64. The molecule has 0 spiro atoms. The number of hydrogen-bond acceptors (Lipinski definition) is 4. The van der Waals surface area contributed by atoms with Crippen LogP contribution in [0.3, 0.4) is 0 Å². The Morgan fingerprint density at radius 2 is 2.05 bits per heavy atom. The first-order valence-corrected chi connectivity index (χ1v) is 7.67. The summed E-state index contributed by atoms with van der Waals surface area (Å²) in [5.41, 5.74) is 7.39. The number of hydrogen-bond donors (Lipinski definition) is 2. The van der Waals surface area contributed by atoms with Crippen molar-refractivity contribution in [2.45, 2.75) is 6.42 Å². The van der Waals surface area contributed by atoms with E-state index in [2.05, 4.69) is 22.2 Å². The molecule has 1 aliphatic rings.